The van der Waals surface area contributed by atoms with Gasteiger partial charge in [-0.05, 0) is 51.1 Å². The second-order valence-corrected chi connectivity index (χ2v) is 5.30. The smallest absolute Gasteiger partial charge is 0.0235 e. The molecule has 1 aliphatic carbocycles. The number of rotatable bonds is 0. The number of hydrogen-bond acceptors (Lipinski definition) is 1. The molecule has 1 saturated carbocycles. The van der Waals surface area contributed by atoms with Crippen LogP contribution in [0.25, 0.3) is 0 Å². The molecule has 1 aliphatic heterocycles. The van der Waals surface area contributed by atoms with Crippen LogP contribution >= 0.6 is 0 Å². The van der Waals surface area contributed by atoms with Crippen molar-refractivity contribution in [2.75, 3.05) is 13.6 Å². The highest BCUT2D eigenvalue weighted by Gasteiger charge is 2.57. The van der Waals surface area contributed by atoms with Crippen molar-refractivity contribution in [2.45, 2.75) is 45.6 Å². The largest absolute Gasteiger partial charge is 0.300 e. The maximum absolute atomic E-state index is 2.58. The van der Waals surface area contributed by atoms with Gasteiger partial charge in [0.2, 0.25) is 0 Å². The molecule has 0 aromatic rings. The van der Waals surface area contributed by atoms with Gasteiger partial charge >= 0.3 is 0 Å². The Morgan fingerprint density at radius 2 is 1.92 bits per heavy atom. The van der Waals surface area contributed by atoms with E-state index >= 15 is 0 Å². The van der Waals surface area contributed by atoms with E-state index in [4.69, 9.17) is 0 Å². The minimum atomic E-state index is 0.506. The highest BCUT2D eigenvalue weighted by molar-refractivity contribution is 5.11. The molecule has 12 heavy (non-hydrogen) atoms. The van der Waals surface area contributed by atoms with E-state index in [2.05, 4.69) is 32.7 Å². The SMILES string of the molecule is CC1CC[C@]2(C)N(C)CC[C@]12C. The summed E-state index contributed by atoms with van der Waals surface area (Å²) < 4.78 is 0. The molecule has 2 rings (SSSR count). The summed E-state index contributed by atoms with van der Waals surface area (Å²) in [6.45, 7) is 8.69. The molecule has 0 radical (unpaired) electrons. The molecule has 1 nitrogen and oxygen atoms in total. The first kappa shape index (κ1) is 8.55. The zero-order valence-electron chi connectivity index (χ0n) is 8.85. The minimum Gasteiger partial charge on any atom is -0.300 e. The van der Waals surface area contributed by atoms with E-state index in [0.29, 0.717) is 11.0 Å². The van der Waals surface area contributed by atoms with Gasteiger partial charge in [0.15, 0.2) is 0 Å². The Labute approximate surface area is 76.1 Å². The molecule has 3 atom stereocenters. The Morgan fingerprint density at radius 1 is 1.25 bits per heavy atom. The van der Waals surface area contributed by atoms with Crippen molar-refractivity contribution in [3.05, 3.63) is 0 Å². The monoisotopic (exact) mass is 167 g/mol. The van der Waals surface area contributed by atoms with Crippen LogP contribution < -0.4 is 0 Å². The maximum atomic E-state index is 2.58. The van der Waals surface area contributed by atoms with Crippen molar-refractivity contribution in [2.24, 2.45) is 11.3 Å². The standard InChI is InChI=1S/C11H21N/c1-9-5-6-11(3)10(9,2)7-8-12(11)4/h9H,5-8H2,1-4H3/t9?,10-,11+/m1/s1. The van der Waals surface area contributed by atoms with Gasteiger partial charge in [-0.3, -0.25) is 0 Å². The summed E-state index contributed by atoms with van der Waals surface area (Å²) in [5.41, 5.74) is 1.11. The summed E-state index contributed by atoms with van der Waals surface area (Å²) >= 11 is 0. The minimum absolute atomic E-state index is 0.506. The first-order valence-electron chi connectivity index (χ1n) is 5.22. The van der Waals surface area contributed by atoms with Crippen LogP contribution in [0.4, 0.5) is 0 Å². The lowest BCUT2D eigenvalue weighted by atomic mass is 9.71. The Hall–Kier alpha value is -0.0400. The molecular weight excluding hydrogens is 146 g/mol. The Bertz CT molecular complexity index is 179. The van der Waals surface area contributed by atoms with E-state index in [9.17, 15) is 0 Å². The Balaban J connectivity index is 2.37. The van der Waals surface area contributed by atoms with Crippen molar-refractivity contribution in [1.29, 1.82) is 0 Å². The van der Waals surface area contributed by atoms with Crippen molar-refractivity contribution in [3.63, 3.8) is 0 Å². The van der Waals surface area contributed by atoms with Crippen LogP contribution in [0.5, 0.6) is 0 Å². The summed E-state index contributed by atoms with van der Waals surface area (Å²) in [5, 5.41) is 0. The van der Waals surface area contributed by atoms with Crippen LogP contribution in [0.1, 0.15) is 40.0 Å². The molecule has 1 saturated heterocycles. The van der Waals surface area contributed by atoms with Gasteiger partial charge in [0.05, 0.1) is 0 Å². The van der Waals surface area contributed by atoms with Crippen LogP contribution in [0.2, 0.25) is 0 Å². The molecule has 2 fully saturated rings. The highest BCUT2D eigenvalue weighted by atomic mass is 15.2. The van der Waals surface area contributed by atoms with E-state index in [1.165, 1.54) is 25.8 Å². The molecule has 1 heteroatoms. The molecule has 1 heterocycles. The number of hydrogen-bond donors (Lipinski definition) is 0. The molecule has 0 spiro atoms. The van der Waals surface area contributed by atoms with Gasteiger partial charge in [-0.15, -0.1) is 0 Å². The quantitative estimate of drug-likeness (QED) is 0.536. The predicted octanol–water partition coefficient (Wildman–Crippen LogP) is 2.52. The first-order valence-corrected chi connectivity index (χ1v) is 5.22. The van der Waals surface area contributed by atoms with E-state index in [0.717, 1.165) is 5.92 Å². The van der Waals surface area contributed by atoms with Crippen LogP contribution in [-0.4, -0.2) is 24.0 Å². The molecule has 0 aromatic carbocycles. The van der Waals surface area contributed by atoms with Gasteiger partial charge < -0.3 is 4.90 Å². The van der Waals surface area contributed by atoms with Gasteiger partial charge in [-0.2, -0.15) is 0 Å². The lowest BCUT2D eigenvalue weighted by molar-refractivity contribution is 0.0926. The third-order valence-electron chi connectivity index (χ3n) is 5.19. The summed E-state index contributed by atoms with van der Waals surface area (Å²) in [6, 6.07) is 0. The number of nitrogens with zero attached hydrogens (tertiary/aromatic N) is 1. The molecular formula is C11H21N. The molecule has 1 unspecified atom stereocenters. The van der Waals surface area contributed by atoms with Gasteiger partial charge in [0.1, 0.15) is 0 Å². The van der Waals surface area contributed by atoms with Crippen LogP contribution in [-0.2, 0) is 0 Å². The summed E-state index contributed by atoms with van der Waals surface area (Å²) in [5.74, 6) is 0.924. The van der Waals surface area contributed by atoms with E-state index < -0.39 is 0 Å². The fourth-order valence-corrected chi connectivity index (χ4v) is 3.42. The molecule has 0 aromatic heterocycles. The van der Waals surface area contributed by atoms with Crippen molar-refractivity contribution in [3.8, 4) is 0 Å². The summed E-state index contributed by atoms with van der Waals surface area (Å²) in [6.07, 6.45) is 4.24. The molecule has 0 bridgehead atoms. The third kappa shape index (κ3) is 0.736. The van der Waals surface area contributed by atoms with Gasteiger partial charge in [-0.25, -0.2) is 0 Å². The topological polar surface area (TPSA) is 3.24 Å². The van der Waals surface area contributed by atoms with Crippen molar-refractivity contribution in [1.82, 2.24) is 4.90 Å². The Morgan fingerprint density at radius 3 is 2.50 bits per heavy atom. The maximum Gasteiger partial charge on any atom is 0.0235 e. The fraction of sp³-hybridized carbons (Fsp3) is 1.00. The van der Waals surface area contributed by atoms with E-state index in [-0.39, 0.29) is 0 Å². The van der Waals surface area contributed by atoms with Crippen LogP contribution in [0.15, 0.2) is 0 Å². The molecule has 70 valence electrons. The highest BCUT2D eigenvalue weighted by Crippen LogP contribution is 2.58. The summed E-state index contributed by atoms with van der Waals surface area (Å²) in [7, 11) is 2.29. The van der Waals surface area contributed by atoms with Gasteiger partial charge in [0.25, 0.3) is 0 Å². The first-order chi connectivity index (χ1) is 5.51. The average Bonchev–Trinajstić information content (AvgIpc) is 2.39. The lowest BCUT2D eigenvalue weighted by Gasteiger charge is -2.41. The molecule has 2 aliphatic rings. The normalized spacial score (nSPS) is 54.5. The lowest BCUT2D eigenvalue weighted by Crippen LogP contribution is -2.46. The van der Waals surface area contributed by atoms with Crippen molar-refractivity contribution >= 4 is 0 Å². The van der Waals surface area contributed by atoms with Gasteiger partial charge in [-0.1, -0.05) is 13.8 Å². The van der Waals surface area contributed by atoms with Crippen LogP contribution in [0.3, 0.4) is 0 Å². The molecule has 0 N–H and O–H groups in total. The second kappa shape index (κ2) is 2.25. The average molecular weight is 167 g/mol. The number of likely N-dealkylation sites (tertiary alicyclic amines) is 1. The zero-order chi connectivity index (χ0) is 8.98. The zero-order valence-corrected chi connectivity index (χ0v) is 8.85. The van der Waals surface area contributed by atoms with Crippen molar-refractivity contribution < 1.29 is 0 Å². The molecule has 0 amide bonds. The number of fused-ring (bicyclic) bond motifs is 1. The summed E-state index contributed by atoms with van der Waals surface area (Å²) in [4.78, 5) is 2.58. The second-order valence-electron chi connectivity index (χ2n) is 5.30. The van der Waals surface area contributed by atoms with Gasteiger partial charge in [0, 0.05) is 5.54 Å². The van der Waals surface area contributed by atoms with E-state index in [1.54, 1.807) is 0 Å². The van der Waals surface area contributed by atoms with Crippen LogP contribution in [0, 0.1) is 11.3 Å². The van der Waals surface area contributed by atoms with E-state index in [1.807, 2.05) is 0 Å². The predicted molar refractivity (Wildman–Crippen MR) is 52.2 cm³/mol. The fourth-order valence-electron chi connectivity index (χ4n) is 3.42. The Kier molecular flexibility index (Phi) is 1.61. The third-order valence-corrected chi connectivity index (χ3v) is 5.19.